The highest BCUT2D eigenvalue weighted by atomic mass is 16.5. The highest BCUT2D eigenvalue weighted by molar-refractivity contribution is 5.78. The largest absolute Gasteiger partial charge is 0.494 e. The maximum Gasteiger partial charge on any atom is 0.223 e. The van der Waals surface area contributed by atoms with Gasteiger partial charge in [-0.05, 0) is 37.6 Å². The van der Waals surface area contributed by atoms with Crippen molar-refractivity contribution in [1.82, 2.24) is 10.3 Å². The Morgan fingerprint density at radius 2 is 1.86 bits per heavy atom. The van der Waals surface area contributed by atoms with Gasteiger partial charge in [-0.1, -0.05) is 31.2 Å². The fourth-order valence-electron chi connectivity index (χ4n) is 2.06. The lowest BCUT2D eigenvalue weighted by atomic mass is 10.1. The van der Waals surface area contributed by atoms with Gasteiger partial charge in [0, 0.05) is 12.1 Å². The number of amides is 1. The predicted molar refractivity (Wildman–Crippen MR) is 86.5 cm³/mol. The molecule has 0 radical (unpaired) electrons. The Labute approximate surface area is 131 Å². The summed E-state index contributed by atoms with van der Waals surface area (Å²) in [5, 5.41) is 2.99. The number of nitrogens with one attached hydrogen (secondary N) is 1. The number of para-hydroxylation sites is 1. The van der Waals surface area contributed by atoms with Crippen LogP contribution in [0.1, 0.15) is 32.0 Å². The normalized spacial score (nSPS) is 13.2. The van der Waals surface area contributed by atoms with E-state index in [1.54, 1.807) is 6.20 Å². The summed E-state index contributed by atoms with van der Waals surface area (Å²) in [6.07, 6.45) is 2.41. The molecule has 0 spiro atoms. The van der Waals surface area contributed by atoms with Gasteiger partial charge < -0.3 is 10.1 Å². The number of ether oxygens (including phenoxy) is 1. The molecule has 0 aliphatic heterocycles. The summed E-state index contributed by atoms with van der Waals surface area (Å²) in [7, 11) is 0. The molecule has 2 aromatic rings. The van der Waals surface area contributed by atoms with Crippen LogP contribution in [0.25, 0.3) is 0 Å². The van der Waals surface area contributed by atoms with E-state index in [4.69, 9.17) is 4.74 Å². The topological polar surface area (TPSA) is 51.2 Å². The summed E-state index contributed by atoms with van der Waals surface area (Å²) >= 11 is 0. The minimum Gasteiger partial charge on any atom is -0.494 e. The molecule has 1 aromatic carbocycles. The van der Waals surface area contributed by atoms with Crippen LogP contribution in [0.2, 0.25) is 0 Å². The van der Waals surface area contributed by atoms with Crippen molar-refractivity contribution in [2.24, 2.45) is 5.92 Å². The first-order chi connectivity index (χ1) is 10.7. The van der Waals surface area contributed by atoms with E-state index < -0.39 is 0 Å². The van der Waals surface area contributed by atoms with Gasteiger partial charge in [0.25, 0.3) is 0 Å². The highest BCUT2D eigenvalue weighted by Gasteiger charge is 2.16. The van der Waals surface area contributed by atoms with Gasteiger partial charge in [0.1, 0.15) is 5.75 Å². The second-order valence-electron chi connectivity index (χ2n) is 5.34. The van der Waals surface area contributed by atoms with E-state index in [1.165, 1.54) is 0 Å². The zero-order valence-electron chi connectivity index (χ0n) is 13.0. The zero-order valence-corrected chi connectivity index (χ0v) is 13.0. The molecule has 0 saturated carbocycles. The van der Waals surface area contributed by atoms with Gasteiger partial charge in [0.2, 0.25) is 5.91 Å². The van der Waals surface area contributed by atoms with E-state index in [9.17, 15) is 4.79 Å². The molecule has 1 amide bonds. The lowest BCUT2D eigenvalue weighted by Gasteiger charge is -2.17. The van der Waals surface area contributed by atoms with Gasteiger partial charge in [0.05, 0.1) is 18.3 Å². The SMILES string of the molecule is C[C@@H](CCOc1ccccc1)C(=O)N[C@H](C)c1ccccn1. The third-order valence-electron chi connectivity index (χ3n) is 3.50. The molecule has 2 atom stereocenters. The van der Waals surface area contributed by atoms with Gasteiger partial charge in [-0.2, -0.15) is 0 Å². The first-order valence-electron chi connectivity index (χ1n) is 7.56. The van der Waals surface area contributed by atoms with Crippen molar-refractivity contribution in [3.8, 4) is 5.75 Å². The second-order valence-corrected chi connectivity index (χ2v) is 5.34. The molecule has 0 bridgehead atoms. The summed E-state index contributed by atoms with van der Waals surface area (Å²) in [6.45, 7) is 4.37. The number of hydrogen-bond donors (Lipinski definition) is 1. The Balaban J connectivity index is 1.75. The van der Waals surface area contributed by atoms with Crippen molar-refractivity contribution < 1.29 is 9.53 Å². The number of hydrogen-bond acceptors (Lipinski definition) is 3. The maximum absolute atomic E-state index is 12.2. The average molecular weight is 298 g/mol. The van der Waals surface area contributed by atoms with Crippen molar-refractivity contribution in [2.75, 3.05) is 6.61 Å². The van der Waals surface area contributed by atoms with E-state index in [0.717, 1.165) is 11.4 Å². The molecule has 2 rings (SSSR count). The summed E-state index contributed by atoms with van der Waals surface area (Å²) in [4.78, 5) is 16.4. The molecule has 1 N–H and O–H groups in total. The first kappa shape index (κ1) is 16.0. The molecular formula is C18H22N2O2. The molecule has 4 nitrogen and oxygen atoms in total. The summed E-state index contributed by atoms with van der Waals surface area (Å²) < 4.78 is 5.62. The monoisotopic (exact) mass is 298 g/mol. The fraction of sp³-hybridized carbons (Fsp3) is 0.333. The zero-order chi connectivity index (χ0) is 15.8. The summed E-state index contributed by atoms with van der Waals surface area (Å²) in [5.74, 6) is 0.752. The number of aromatic nitrogens is 1. The summed E-state index contributed by atoms with van der Waals surface area (Å²) in [6, 6.07) is 15.2. The number of rotatable bonds is 7. The minimum absolute atomic E-state index is 0.0230. The third-order valence-corrected chi connectivity index (χ3v) is 3.50. The molecule has 116 valence electrons. The first-order valence-corrected chi connectivity index (χ1v) is 7.56. The quantitative estimate of drug-likeness (QED) is 0.852. The fourth-order valence-corrected chi connectivity index (χ4v) is 2.06. The molecule has 0 unspecified atom stereocenters. The van der Waals surface area contributed by atoms with E-state index in [1.807, 2.05) is 62.4 Å². The van der Waals surface area contributed by atoms with Gasteiger partial charge >= 0.3 is 0 Å². The van der Waals surface area contributed by atoms with Crippen LogP contribution in [0.5, 0.6) is 5.75 Å². The van der Waals surface area contributed by atoms with E-state index in [-0.39, 0.29) is 17.9 Å². The molecule has 0 fully saturated rings. The highest BCUT2D eigenvalue weighted by Crippen LogP contribution is 2.13. The molecule has 0 aliphatic carbocycles. The van der Waals surface area contributed by atoms with Crippen LogP contribution < -0.4 is 10.1 Å². The maximum atomic E-state index is 12.2. The Hall–Kier alpha value is -2.36. The number of nitrogens with zero attached hydrogens (tertiary/aromatic N) is 1. The van der Waals surface area contributed by atoms with E-state index >= 15 is 0 Å². The molecule has 0 saturated heterocycles. The van der Waals surface area contributed by atoms with Gasteiger partial charge in [-0.25, -0.2) is 0 Å². The third kappa shape index (κ3) is 4.88. The molecule has 4 heteroatoms. The van der Waals surface area contributed by atoms with E-state index in [2.05, 4.69) is 10.3 Å². The number of pyridine rings is 1. The van der Waals surface area contributed by atoms with Crippen LogP contribution in [0.3, 0.4) is 0 Å². The number of carbonyl (C=O) groups excluding carboxylic acids is 1. The molecule has 1 heterocycles. The molecule has 1 aromatic heterocycles. The van der Waals surface area contributed by atoms with Gasteiger partial charge in [-0.15, -0.1) is 0 Å². The lowest BCUT2D eigenvalue weighted by Crippen LogP contribution is -2.32. The summed E-state index contributed by atoms with van der Waals surface area (Å²) in [5.41, 5.74) is 0.864. The standard InChI is InChI=1S/C18H22N2O2/c1-14(11-13-22-16-8-4-3-5-9-16)18(21)20-15(2)17-10-6-7-12-19-17/h3-10,12,14-15H,11,13H2,1-2H3,(H,20,21)/t14-,15+/m0/s1. The lowest BCUT2D eigenvalue weighted by molar-refractivity contribution is -0.125. The van der Waals surface area contributed by atoms with Crippen LogP contribution in [0.4, 0.5) is 0 Å². The van der Waals surface area contributed by atoms with Crippen LogP contribution >= 0.6 is 0 Å². The Kier molecular flexibility index (Phi) is 5.95. The second kappa shape index (κ2) is 8.17. The Bertz CT molecular complexity index is 572. The van der Waals surface area contributed by atoms with Crippen molar-refractivity contribution in [3.05, 3.63) is 60.4 Å². The van der Waals surface area contributed by atoms with Crippen molar-refractivity contribution in [3.63, 3.8) is 0 Å². The van der Waals surface area contributed by atoms with Crippen LogP contribution in [-0.2, 0) is 4.79 Å². The Morgan fingerprint density at radius 3 is 2.55 bits per heavy atom. The predicted octanol–water partition coefficient (Wildman–Crippen LogP) is 3.36. The van der Waals surface area contributed by atoms with Crippen molar-refractivity contribution >= 4 is 5.91 Å². The Morgan fingerprint density at radius 1 is 1.14 bits per heavy atom. The number of carbonyl (C=O) groups is 1. The van der Waals surface area contributed by atoms with Crippen LogP contribution in [-0.4, -0.2) is 17.5 Å². The van der Waals surface area contributed by atoms with Crippen LogP contribution in [0, 0.1) is 5.92 Å². The number of benzene rings is 1. The minimum atomic E-state index is -0.102. The molecule has 0 aliphatic rings. The van der Waals surface area contributed by atoms with Crippen molar-refractivity contribution in [1.29, 1.82) is 0 Å². The average Bonchev–Trinajstić information content (AvgIpc) is 2.56. The smallest absolute Gasteiger partial charge is 0.223 e. The van der Waals surface area contributed by atoms with Crippen LogP contribution in [0.15, 0.2) is 54.7 Å². The van der Waals surface area contributed by atoms with Gasteiger partial charge in [-0.3, -0.25) is 9.78 Å². The van der Waals surface area contributed by atoms with Crippen molar-refractivity contribution in [2.45, 2.75) is 26.3 Å². The van der Waals surface area contributed by atoms with Gasteiger partial charge in [0.15, 0.2) is 0 Å². The molecular weight excluding hydrogens is 276 g/mol. The van der Waals surface area contributed by atoms with E-state index in [0.29, 0.717) is 13.0 Å². The molecule has 22 heavy (non-hydrogen) atoms.